The van der Waals surface area contributed by atoms with E-state index in [0.29, 0.717) is 49.4 Å². The number of piperidine rings is 1. The summed E-state index contributed by atoms with van der Waals surface area (Å²) in [5.41, 5.74) is 0.117. The Morgan fingerprint density at radius 1 is 1.00 bits per heavy atom. The van der Waals surface area contributed by atoms with E-state index >= 15 is 4.39 Å². The summed E-state index contributed by atoms with van der Waals surface area (Å²) < 4.78 is 55.6. The molecule has 1 aliphatic rings. The summed E-state index contributed by atoms with van der Waals surface area (Å²) >= 11 is 11.7. The van der Waals surface area contributed by atoms with E-state index in [2.05, 4.69) is 30.2 Å². The summed E-state index contributed by atoms with van der Waals surface area (Å²) in [5.74, 6) is -1.88. The Bertz CT molecular complexity index is 1540. The fourth-order valence-corrected chi connectivity index (χ4v) is 4.94. The predicted octanol–water partition coefficient (Wildman–Crippen LogP) is 7.03. The molecule has 4 aromatic rings. The second-order valence-corrected chi connectivity index (χ2v) is 10.4. The number of anilines is 1. The number of benzene rings is 1. The van der Waals surface area contributed by atoms with Crippen LogP contribution in [0.1, 0.15) is 46.1 Å². The van der Waals surface area contributed by atoms with Crippen molar-refractivity contribution >= 4 is 34.8 Å². The van der Waals surface area contributed by atoms with Gasteiger partial charge in [-0.25, -0.2) is 24.3 Å². The van der Waals surface area contributed by atoms with Crippen LogP contribution in [0.3, 0.4) is 0 Å². The number of alkyl halides is 3. The molecule has 1 aliphatic heterocycles. The van der Waals surface area contributed by atoms with Crippen molar-refractivity contribution < 1.29 is 22.4 Å². The molecule has 1 aromatic carbocycles. The topological polar surface area (TPSA) is 83.9 Å². The first-order valence-electron chi connectivity index (χ1n) is 12.6. The van der Waals surface area contributed by atoms with Gasteiger partial charge in [-0.3, -0.25) is 9.69 Å². The van der Waals surface area contributed by atoms with E-state index in [4.69, 9.17) is 23.2 Å². The molecule has 0 bridgehead atoms. The number of pyridine rings is 2. The standard InChI is InChI=1S/C28H22Cl2F4N6O/c29-20-13-36-26(37-14-20)18-3-1-16(2-4-18)15-40-9-6-17(7-10-40)24-25(21(31)12-22(38-24)28(32,33)34)39-27(41)19-5-8-35-23(30)11-19/h1-5,8,11-14,17H,6-7,9-10,15H2,(H,39,41). The number of halogens is 6. The summed E-state index contributed by atoms with van der Waals surface area (Å²) in [6.45, 7) is 1.70. The highest BCUT2D eigenvalue weighted by Crippen LogP contribution is 2.37. The number of rotatable bonds is 6. The molecule has 0 spiro atoms. The number of nitrogens with zero attached hydrogens (tertiary/aromatic N) is 5. The zero-order chi connectivity index (χ0) is 29.1. The van der Waals surface area contributed by atoms with E-state index in [9.17, 15) is 18.0 Å². The van der Waals surface area contributed by atoms with Gasteiger partial charge in [0.05, 0.1) is 16.4 Å². The largest absolute Gasteiger partial charge is 0.433 e. The van der Waals surface area contributed by atoms with Crippen molar-refractivity contribution in [1.29, 1.82) is 0 Å². The Labute approximate surface area is 242 Å². The fourth-order valence-electron chi connectivity index (χ4n) is 4.67. The number of amides is 1. The van der Waals surface area contributed by atoms with Crippen LogP contribution in [0.2, 0.25) is 10.2 Å². The van der Waals surface area contributed by atoms with Gasteiger partial charge < -0.3 is 5.32 Å². The van der Waals surface area contributed by atoms with Crippen molar-refractivity contribution in [2.24, 2.45) is 0 Å². The summed E-state index contributed by atoms with van der Waals surface area (Å²) in [5, 5.41) is 2.90. The van der Waals surface area contributed by atoms with Crippen molar-refractivity contribution in [2.45, 2.75) is 31.5 Å². The molecule has 212 valence electrons. The van der Waals surface area contributed by atoms with Gasteiger partial charge in [-0.05, 0) is 43.6 Å². The lowest BCUT2D eigenvalue weighted by Crippen LogP contribution is -2.33. The molecular weight excluding hydrogens is 583 g/mol. The Morgan fingerprint density at radius 2 is 1.68 bits per heavy atom. The van der Waals surface area contributed by atoms with Crippen molar-refractivity contribution in [3.05, 3.63) is 99.6 Å². The summed E-state index contributed by atoms with van der Waals surface area (Å²) in [6, 6.07) is 10.7. The predicted molar refractivity (Wildman–Crippen MR) is 146 cm³/mol. The molecule has 13 heteroatoms. The summed E-state index contributed by atoms with van der Waals surface area (Å²) in [7, 11) is 0. The van der Waals surface area contributed by atoms with Crippen LogP contribution >= 0.6 is 23.2 Å². The van der Waals surface area contributed by atoms with Gasteiger partial charge in [0.1, 0.15) is 10.8 Å². The second kappa shape index (κ2) is 12.1. The molecule has 1 amide bonds. The molecule has 0 saturated carbocycles. The van der Waals surface area contributed by atoms with Crippen LogP contribution in [0.25, 0.3) is 11.4 Å². The van der Waals surface area contributed by atoms with Crippen molar-refractivity contribution in [3.63, 3.8) is 0 Å². The minimum atomic E-state index is -4.85. The molecule has 3 aromatic heterocycles. The number of hydrogen-bond donors (Lipinski definition) is 1. The number of hydrogen-bond acceptors (Lipinski definition) is 6. The molecule has 0 radical (unpaired) electrons. The Morgan fingerprint density at radius 3 is 2.32 bits per heavy atom. The highest BCUT2D eigenvalue weighted by molar-refractivity contribution is 6.30. The molecule has 5 rings (SSSR count). The molecular formula is C28H22Cl2F4N6O. The van der Waals surface area contributed by atoms with Crippen LogP contribution in [0.15, 0.2) is 61.1 Å². The van der Waals surface area contributed by atoms with Gasteiger partial charge in [-0.1, -0.05) is 47.5 Å². The van der Waals surface area contributed by atoms with Crippen LogP contribution < -0.4 is 5.32 Å². The van der Waals surface area contributed by atoms with Crippen molar-refractivity contribution in [3.8, 4) is 11.4 Å². The van der Waals surface area contributed by atoms with E-state index in [1.54, 1.807) is 0 Å². The van der Waals surface area contributed by atoms with Crippen molar-refractivity contribution in [2.75, 3.05) is 18.4 Å². The van der Waals surface area contributed by atoms with E-state index in [-0.39, 0.29) is 22.1 Å². The lowest BCUT2D eigenvalue weighted by molar-refractivity contribution is -0.141. The molecule has 0 atom stereocenters. The zero-order valence-corrected chi connectivity index (χ0v) is 22.8. The monoisotopic (exact) mass is 604 g/mol. The number of likely N-dealkylation sites (tertiary alicyclic amines) is 1. The first-order chi connectivity index (χ1) is 19.6. The molecule has 7 nitrogen and oxygen atoms in total. The average molecular weight is 605 g/mol. The number of nitrogens with one attached hydrogen (secondary N) is 1. The smallest absolute Gasteiger partial charge is 0.318 e. The van der Waals surface area contributed by atoms with Gasteiger partial charge in [0.15, 0.2) is 11.6 Å². The third-order valence-electron chi connectivity index (χ3n) is 6.73. The fraction of sp³-hybridized carbons (Fsp3) is 0.250. The first kappa shape index (κ1) is 28.8. The van der Waals surface area contributed by atoms with Gasteiger partial charge in [0.25, 0.3) is 5.91 Å². The van der Waals surface area contributed by atoms with Crippen LogP contribution in [0.5, 0.6) is 0 Å². The minimum absolute atomic E-state index is 0.0456. The van der Waals surface area contributed by atoms with Gasteiger partial charge in [-0.2, -0.15) is 13.2 Å². The Hall–Kier alpha value is -3.67. The lowest BCUT2D eigenvalue weighted by Gasteiger charge is -2.32. The maximum Gasteiger partial charge on any atom is 0.433 e. The molecule has 1 saturated heterocycles. The molecule has 4 heterocycles. The maximum absolute atomic E-state index is 15.1. The normalized spacial score (nSPS) is 14.7. The van der Waals surface area contributed by atoms with Gasteiger partial charge in [0, 0.05) is 48.2 Å². The first-order valence-corrected chi connectivity index (χ1v) is 13.3. The molecule has 0 aliphatic carbocycles. The zero-order valence-electron chi connectivity index (χ0n) is 21.3. The van der Waals surface area contributed by atoms with E-state index in [1.807, 2.05) is 24.3 Å². The summed E-state index contributed by atoms with van der Waals surface area (Å²) in [6.07, 6.45) is 0.356. The lowest BCUT2D eigenvalue weighted by atomic mass is 9.91. The molecule has 1 N–H and O–H groups in total. The highest BCUT2D eigenvalue weighted by atomic mass is 35.5. The maximum atomic E-state index is 15.1. The van der Waals surface area contributed by atoms with Crippen LogP contribution in [0.4, 0.5) is 23.2 Å². The quantitative estimate of drug-likeness (QED) is 0.188. The molecule has 41 heavy (non-hydrogen) atoms. The molecule has 1 fully saturated rings. The van der Waals surface area contributed by atoms with Crippen LogP contribution in [0, 0.1) is 5.82 Å². The Kier molecular flexibility index (Phi) is 8.48. The molecule has 0 unspecified atom stereocenters. The van der Waals surface area contributed by atoms with E-state index in [1.165, 1.54) is 30.7 Å². The van der Waals surface area contributed by atoms with E-state index in [0.717, 1.165) is 11.1 Å². The van der Waals surface area contributed by atoms with Gasteiger partial charge in [-0.15, -0.1) is 0 Å². The number of carbonyl (C=O) groups excluding carboxylic acids is 1. The number of aromatic nitrogens is 4. The van der Waals surface area contributed by atoms with Gasteiger partial charge >= 0.3 is 6.18 Å². The average Bonchev–Trinajstić information content (AvgIpc) is 2.95. The minimum Gasteiger partial charge on any atom is -0.318 e. The SMILES string of the molecule is O=C(Nc1c(F)cc(C(F)(F)F)nc1C1CCN(Cc2ccc(-c3ncc(Cl)cn3)cc2)CC1)c1ccnc(Cl)c1. The third kappa shape index (κ3) is 6.98. The second-order valence-electron chi connectivity index (χ2n) is 9.54. The third-order valence-corrected chi connectivity index (χ3v) is 7.13. The highest BCUT2D eigenvalue weighted by Gasteiger charge is 2.36. The van der Waals surface area contributed by atoms with Crippen molar-refractivity contribution in [1.82, 2.24) is 24.8 Å². The van der Waals surface area contributed by atoms with Gasteiger partial charge in [0.2, 0.25) is 0 Å². The van der Waals surface area contributed by atoms with Crippen LogP contribution in [-0.2, 0) is 12.7 Å². The summed E-state index contributed by atoms with van der Waals surface area (Å²) in [4.78, 5) is 31.0. The number of carbonyl (C=O) groups is 1. The van der Waals surface area contributed by atoms with E-state index < -0.39 is 29.5 Å². The van der Waals surface area contributed by atoms with Crippen LogP contribution in [-0.4, -0.2) is 43.8 Å². The Balaban J connectivity index is 1.30.